The van der Waals surface area contributed by atoms with Gasteiger partial charge in [0.1, 0.15) is 0 Å². The van der Waals surface area contributed by atoms with Gasteiger partial charge in [0.2, 0.25) is 0 Å². The molecule has 5 heteroatoms. The van der Waals surface area contributed by atoms with E-state index in [0.717, 1.165) is 16.0 Å². The van der Waals surface area contributed by atoms with Crippen LogP contribution in [-0.2, 0) is 19.5 Å². The third-order valence-electron chi connectivity index (χ3n) is 5.58. The van der Waals surface area contributed by atoms with Gasteiger partial charge in [-0.15, -0.1) is 0 Å². The molecular formula is C30H28N2O2S. The SMILES string of the molecule is CCc1c(Sc2ccccc2)n(C/C=C/c2ccccc2)c(=O)n(C/C=C/c2ccccc2)c1=O. The average molecular weight is 481 g/mol. The molecule has 3 aromatic carbocycles. The van der Waals surface area contributed by atoms with Crippen molar-refractivity contribution >= 4 is 23.9 Å². The second-order valence-electron chi connectivity index (χ2n) is 7.99. The summed E-state index contributed by atoms with van der Waals surface area (Å²) in [6, 6.07) is 29.7. The van der Waals surface area contributed by atoms with Crippen molar-refractivity contribution in [1.29, 1.82) is 0 Å². The van der Waals surface area contributed by atoms with Crippen molar-refractivity contribution in [2.24, 2.45) is 0 Å². The molecule has 4 rings (SSSR count). The molecule has 0 fully saturated rings. The van der Waals surface area contributed by atoms with Crippen LogP contribution in [0.3, 0.4) is 0 Å². The molecule has 0 aliphatic heterocycles. The Morgan fingerprint density at radius 1 is 0.686 bits per heavy atom. The number of hydrogen-bond acceptors (Lipinski definition) is 3. The zero-order chi connectivity index (χ0) is 24.5. The van der Waals surface area contributed by atoms with Crippen LogP contribution >= 0.6 is 11.8 Å². The van der Waals surface area contributed by atoms with Crippen LogP contribution in [0.4, 0.5) is 0 Å². The van der Waals surface area contributed by atoms with E-state index in [4.69, 9.17) is 0 Å². The van der Waals surface area contributed by atoms with Crippen LogP contribution < -0.4 is 11.2 Å². The second-order valence-corrected chi connectivity index (χ2v) is 9.05. The third kappa shape index (κ3) is 6.19. The van der Waals surface area contributed by atoms with Crippen molar-refractivity contribution in [3.8, 4) is 0 Å². The van der Waals surface area contributed by atoms with Crippen LogP contribution in [0.25, 0.3) is 12.2 Å². The number of allylic oxidation sites excluding steroid dienone is 2. The van der Waals surface area contributed by atoms with Gasteiger partial charge in [-0.1, -0.05) is 122 Å². The average Bonchev–Trinajstić information content (AvgIpc) is 2.90. The summed E-state index contributed by atoms with van der Waals surface area (Å²) in [6.45, 7) is 2.56. The van der Waals surface area contributed by atoms with Gasteiger partial charge in [0.05, 0.1) is 5.03 Å². The molecule has 0 saturated heterocycles. The summed E-state index contributed by atoms with van der Waals surface area (Å²) in [4.78, 5) is 28.0. The van der Waals surface area contributed by atoms with E-state index in [2.05, 4.69) is 0 Å². The van der Waals surface area contributed by atoms with Crippen LogP contribution in [-0.4, -0.2) is 9.13 Å². The Hall–Kier alpha value is -3.83. The quantitative estimate of drug-likeness (QED) is 0.270. The molecule has 1 heterocycles. The normalized spacial score (nSPS) is 11.5. The minimum Gasteiger partial charge on any atom is -0.283 e. The van der Waals surface area contributed by atoms with E-state index in [1.807, 2.05) is 122 Å². The van der Waals surface area contributed by atoms with E-state index >= 15 is 0 Å². The van der Waals surface area contributed by atoms with Crippen LogP contribution in [0.5, 0.6) is 0 Å². The molecule has 4 aromatic rings. The first-order valence-corrected chi connectivity index (χ1v) is 12.5. The van der Waals surface area contributed by atoms with E-state index in [0.29, 0.717) is 23.6 Å². The number of benzene rings is 3. The Morgan fingerprint density at radius 3 is 1.69 bits per heavy atom. The fraction of sp³-hybridized carbons (Fsp3) is 0.133. The largest absolute Gasteiger partial charge is 0.332 e. The summed E-state index contributed by atoms with van der Waals surface area (Å²) in [5, 5.41) is 0.703. The predicted molar refractivity (Wildman–Crippen MR) is 146 cm³/mol. The molecule has 1 aromatic heterocycles. The summed E-state index contributed by atoms with van der Waals surface area (Å²) < 4.78 is 3.05. The highest BCUT2D eigenvalue weighted by Crippen LogP contribution is 2.28. The number of rotatable bonds is 9. The highest BCUT2D eigenvalue weighted by molar-refractivity contribution is 7.99. The number of hydrogen-bond donors (Lipinski definition) is 0. The number of nitrogens with zero attached hydrogens (tertiary/aromatic N) is 2. The molecule has 0 bridgehead atoms. The maximum absolute atomic E-state index is 13.6. The van der Waals surface area contributed by atoms with Gasteiger partial charge < -0.3 is 0 Å². The Labute approximate surface area is 209 Å². The van der Waals surface area contributed by atoms with Gasteiger partial charge in [-0.2, -0.15) is 0 Å². The highest BCUT2D eigenvalue weighted by atomic mass is 32.2. The van der Waals surface area contributed by atoms with Gasteiger partial charge >= 0.3 is 5.69 Å². The second kappa shape index (κ2) is 12.0. The molecule has 176 valence electrons. The van der Waals surface area contributed by atoms with Gasteiger partial charge in [0.15, 0.2) is 0 Å². The van der Waals surface area contributed by atoms with E-state index in [1.54, 1.807) is 4.57 Å². The molecule has 0 spiro atoms. The first-order valence-electron chi connectivity index (χ1n) is 11.7. The Kier molecular flexibility index (Phi) is 8.36. The van der Waals surface area contributed by atoms with Gasteiger partial charge in [0.25, 0.3) is 5.56 Å². The summed E-state index contributed by atoms with van der Waals surface area (Å²) in [5.41, 5.74) is 2.21. The topological polar surface area (TPSA) is 44.0 Å². The van der Waals surface area contributed by atoms with Gasteiger partial charge in [-0.05, 0) is 29.7 Å². The van der Waals surface area contributed by atoms with Crippen LogP contribution in [0.1, 0.15) is 23.6 Å². The molecular weight excluding hydrogens is 452 g/mol. The lowest BCUT2D eigenvalue weighted by Gasteiger charge is -2.17. The summed E-state index contributed by atoms with van der Waals surface area (Å²) in [7, 11) is 0. The summed E-state index contributed by atoms with van der Waals surface area (Å²) in [6.07, 6.45) is 8.31. The van der Waals surface area contributed by atoms with Crippen molar-refractivity contribution in [3.05, 3.63) is 141 Å². The van der Waals surface area contributed by atoms with Crippen molar-refractivity contribution in [1.82, 2.24) is 9.13 Å². The summed E-state index contributed by atoms with van der Waals surface area (Å²) in [5.74, 6) is 0. The third-order valence-corrected chi connectivity index (χ3v) is 6.74. The molecule has 0 atom stereocenters. The van der Waals surface area contributed by atoms with E-state index in [-0.39, 0.29) is 17.8 Å². The van der Waals surface area contributed by atoms with Crippen LogP contribution in [0.2, 0.25) is 0 Å². The molecule has 0 N–H and O–H groups in total. The molecule has 0 radical (unpaired) electrons. The fourth-order valence-corrected chi connectivity index (χ4v) is 4.93. The molecule has 4 nitrogen and oxygen atoms in total. The van der Waals surface area contributed by atoms with Crippen molar-refractivity contribution in [2.45, 2.75) is 36.4 Å². The first-order chi connectivity index (χ1) is 17.2. The zero-order valence-electron chi connectivity index (χ0n) is 19.7. The zero-order valence-corrected chi connectivity index (χ0v) is 20.5. The minimum atomic E-state index is -0.305. The Morgan fingerprint density at radius 2 is 1.17 bits per heavy atom. The standard InChI is InChI=1S/C30H28N2O2S/c1-2-27-28(33)31(22-12-18-24-14-6-3-7-15-24)30(34)32(23-13-19-25-16-8-4-9-17-25)29(27)35-26-20-10-5-11-21-26/h3-21H,2,22-23H2,1H3/b18-12+,19-13+. The van der Waals surface area contributed by atoms with Gasteiger partial charge in [-0.25, -0.2) is 4.79 Å². The molecule has 0 aliphatic rings. The Bertz CT molecular complexity index is 1420. The maximum Gasteiger partial charge on any atom is 0.332 e. The van der Waals surface area contributed by atoms with Crippen LogP contribution in [0.15, 0.2) is 123 Å². The molecule has 0 amide bonds. The number of aromatic nitrogens is 2. The first kappa shape index (κ1) is 24.3. The van der Waals surface area contributed by atoms with E-state index < -0.39 is 0 Å². The van der Waals surface area contributed by atoms with E-state index in [9.17, 15) is 9.59 Å². The lowest BCUT2D eigenvalue weighted by Crippen LogP contribution is -2.42. The molecule has 0 aliphatic carbocycles. The predicted octanol–water partition coefficient (Wildman–Crippen LogP) is 6.15. The lowest BCUT2D eigenvalue weighted by molar-refractivity contribution is 0.568. The van der Waals surface area contributed by atoms with E-state index in [1.165, 1.54) is 16.3 Å². The smallest absolute Gasteiger partial charge is 0.283 e. The maximum atomic E-state index is 13.6. The van der Waals surface area contributed by atoms with Gasteiger partial charge in [-0.3, -0.25) is 13.9 Å². The lowest BCUT2D eigenvalue weighted by atomic mass is 10.2. The molecule has 0 saturated carbocycles. The van der Waals surface area contributed by atoms with Crippen molar-refractivity contribution < 1.29 is 0 Å². The molecule has 35 heavy (non-hydrogen) atoms. The fourth-order valence-electron chi connectivity index (χ4n) is 3.79. The molecule has 0 unspecified atom stereocenters. The summed E-state index contributed by atoms with van der Waals surface area (Å²) >= 11 is 1.47. The highest BCUT2D eigenvalue weighted by Gasteiger charge is 2.18. The van der Waals surface area contributed by atoms with Gasteiger partial charge in [0, 0.05) is 23.5 Å². The van der Waals surface area contributed by atoms with Crippen molar-refractivity contribution in [2.75, 3.05) is 0 Å². The van der Waals surface area contributed by atoms with Crippen molar-refractivity contribution in [3.63, 3.8) is 0 Å². The Balaban J connectivity index is 1.75. The minimum absolute atomic E-state index is 0.220. The van der Waals surface area contributed by atoms with Crippen LogP contribution in [0, 0.1) is 0 Å². The monoisotopic (exact) mass is 480 g/mol.